The maximum Gasteiger partial charge on any atom is 0.516 e. The molecule has 0 radical (unpaired) electrons. The molecule has 1 heterocycles. The second-order valence-corrected chi connectivity index (χ2v) is 9.12. The Morgan fingerprint density at radius 1 is 1.00 bits per heavy atom. The smallest absolute Gasteiger partial charge is 0.258 e. The van der Waals surface area contributed by atoms with Crippen LogP contribution in [0.1, 0.15) is 31.9 Å². The number of fused-ring (bicyclic) bond motifs is 1. The van der Waals surface area contributed by atoms with E-state index >= 15 is 0 Å². The number of hydrogen-bond donors (Lipinski definition) is 0. The Bertz CT molecular complexity index is 1070. The van der Waals surface area contributed by atoms with Crippen LogP contribution in [0.15, 0.2) is 66.2 Å². The Morgan fingerprint density at radius 2 is 1.59 bits per heavy atom. The minimum Gasteiger partial charge on any atom is -0.258 e. The lowest BCUT2D eigenvalue weighted by molar-refractivity contribution is -0.0437. The topological polar surface area (TPSA) is 37.4 Å². The molecule has 0 aromatic heterocycles. The van der Waals surface area contributed by atoms with E-state index in [9.17, 15) is 21.6 Å². The number of hydrogen-bond acceptors (Lipinski definition) is 2. The quantitative estimate of drug-likeness (QED) is 0.622. The van der Waals surface area contributed by atoms with Crippen LogP contribution in [0.2, 0.25) is 0 Å². The molecular formula is C22H22F3NO2S. The van der Waals surface area contributed by atoms with Crippen molar-refractivity contribution in [1.82, 2.24) is 0 Å². The van der Waals surface area contributed by atoms with Gasteiger partial charge in [-0.1, -0.05) is 68.5 Å². The Hall–Kier alpha value is -2.54. The lowest BCUT2D eigenvalue weighted by Gasteiger charge is -2.27. The van der Waals surface area contributed by atoms with Crippen molar-refractivity contribution < 1.29 is 21.6 Å². The van der Waals surface area contributed by atoms with E-state index < -0.39 is 22.1 Å². The van der Waals surface area contributed by atoms with Crippen molar-refractivity contribution in [3.63, 3.8) is 0 Å². The monoisotopic (exact) mass is 421 g/mol. The number of nitrogens with zero attached hydrogens (tertiary/aromatic N) is 1. The first-order valence-electron chi connectivity index (χ1n) is 9.19. The maximum absolute atomic E-state index is 13.5. The summed E-state index contributed by atoms with van der Waals surface area (Å²) < 4.78 is 65.9. The number of rotatable bonds is 3. The molecule has 2 aromatic carbocycles. The molecule has 29 heavy (non-hydrogen) atoms. The molecule has 154 valence electrons. The summed E-state index contributed by atoms with van der Waals surface area (Å²) in [7, 11) is -5.57. The van der Waals surface area contributed by atoms with Crippen molar-refractivity contribution in [2.45, 2.75) is 26.3 Å². The molecular weight excluding hydrogens is 399 g/mol. The van der Waals surface area contributed by atoms with Crippen LogP contribution in [0.5, 0.6) is 0 Å². The predicted molar refractivity (Wildman–Crippen MR) is 111 cm³/mol. The summed E-state index contributed by atoms with van der Waals surface area (Å²) in [5.74, 6) is -0.0203. The lowest BCUT2D eigenvalue weighted by atomic mass is 9.89. The second kappa shape index (κ2) is 7.71. The van der Waals surface area contributed by atoms with E-state index in [-0.39, 0.29) is 11.6 Å². The summed E-state index contributed by atoms with van der Waals surface area (Å²) in [6.07, 6.45) is 1.80. The van der Waals surface area contributed by atoms with E-state index in [4.69, 9.17) is 0 Å². The first-order valence-corrected chi connectivity index (χ1v) is 10.6. The zero-order valence-corrected chi connectivity index (χ0v) is 17.2. The lowest BCUT2D eigenvalue weighted by Crippen LogP contribution is -2.42. The Labute approximate surface area is 169 Å². The van der Waals surface area contributed by atoms with Crippen LogP contribution >= 0.6 is 0 Å². The van der Waals surface area contributed by atoms with E-state index in [1.807, 2.05) is 44.2 Å². The number of allylic oxidation sites excluding steroid dienone is 2. The van der Waals surface area contributed by atoms with Gasteiger partial charge >= 0.3 is 15.5 Å². The number of halogens is 3. The first kappa shape index (κ1) is 21.2. The molecule has 1 aliphatic rings. The molecule has 0 spiro atoms. The molecule has 1 aliphatic heterocycles. The van der Waals surface area contributed by atoms with Crippen LogP contribution in [-0.4, -0.2) is 20.5 Å². The predicted octanol–water partition coefficient (Wildman–Crippen LogP) is 5.87. The van der Waals surface area contributed by atoms with Gasteiger partial charge in [-0.3, -0.25) is 4.31 Å². The molecule has 0 atom stereocenters. The van der Waals surface area contributed by atoms with E-state index in [1.165, 1.54) is 6.07 Å². The van der Waals surface area contributed by atoms with Crippen molar-refractivity contribution in [1.29, 1.82) is 0 Å². The summed E-state index contributed by atoms with van der Waals surface area (Å²) in [6.45, 7) is 5.28. The number of sulfonamides is 1. The number of para-hydroxylation sites is 1. The third-order valence-corrected chi connectivity index (χ3v) is 6.38. The standard InChI is InChI=1S/C22H22F3NO2S/c1-15(2)21(17-9-5-4-6-10-17)18-13-16(3)19-11-7-8-12-20(19)26(14-18)29(27,28)22(23,24)25/h4-13,15H,14H2,1-3H3/b21-18-. The Morgan fingerprint density at radius 3 is 2.17 bits per heavy atom. The van der Waals surface area contributed by atoms with Crippen molar-refractivity contribution in [2.24, 2.45) is 5.92 Å². The van der Waals surface area contributed by atoms with E-state index in [0.29, 0.717) is 21.0 Å². The molecule has 0 unspecified atom stereocenters. The number of anilines is 1. The van der Waals surface area contributed by atoms with E-state index in [2.05, 4.69) is 0 Å². The maximum atomic E-state index is 13.5. The summed E-state index contributed by atoms with van der Waals surface area (Å²) in [5, 5.41) is 0. The largest absolute Gasteiger partial charge is 0.516 e. The SMILES string of the molecule is CC1=C/C(=C(/c2ccccc2)C(C)C)CN(S(=O)(=O)C(F)(F)F)c2ccccc21. The Balaban J connectivity index is 2.32. The highest BCUT2D eigenvalue weighted by molar-refractivity contribution is 7.93. The number of benzene rings is 2. The molecule has 7 heteroatoms. The second-order valence-electron chi connectivity index (χ2n) is 7.26. The fourth-order valence-electron chi connectivity index (χ4n) is 3.66. The third kappa shape index (κ3) is 3.96. The van der Waals surface area contributed by atoms with Crippen LogP contribution in [0, 0.1) is 5.92 Å². The van der Waals surface area contributed by atoms with Gasteiger partial charge in [0.05, 0.1) is 12.2 Å². The van der Waals surface area contributed by atoms with Crippen molar-refractivity contribution >= 4 is 26.9 Å². The highest BCUT2D eigenvalue weighted by Crippen LogP contribution is 2.40. The zero-order chi connectivity index (χ0) is 21.4. The molecule has 0 saturated heterocycles. The molecule has 0 saturated carbocycles. The zero-order valence-electron chi connectivity index (χ0n) is 16.4. The van der Waals surface area contributed by atoms with Gasteiger partial charge in [0.15, 0.2) is 0 Å². The molecule has 0 bridgehead atoms. The van der Waals surface area contributed by atoms with Crippen LogP contribution in [0.4, 0.5) is 18.9 Å². The minimum absolute atomic E-state index is 0.0203. The molecule has 0 N–H and O–H groups in total. The average molecular weight is 421 g/mol. The van der Waals surface area contributed by atoms with Crippen molar-refractivity contribution in [3.05, 3.63) is 77.4 Å². The van der Waals surface area contributed by atoms with Gasteiger partial charge in [0.1, 0.15) is 0 Å². The fourth-order valence-corrected chi connectivity index (χ4v) is 4.64. The average Bonchev–Trinajstić information content (AvgIpc) is 2.79. The summed E-state index contributed by atoms with van der Waals surface area (Å²) in [5.41, 5.74) is -1.96. The van der Waals surface area contributed by atoms with Crippen LogP contribution < -0.4 is 4.31 Å². The van der Waals surface area contributed by atoms with Crippen molar-refractivity contribution in [2.75, 3.05) is 10.8 Å². The van der Waals surface area contributed by atoms with Gasteiger partial charge in [-0.05, 0) is 41.2 Å². The normalized spacial score (nSPS) is 16.9. The molecule has 0 fully saturated rings. The highest BCUT2D eigenvalue weighted by atomic mass is 32.2. The summed E-state index contributed by atoms with van der Waals surface area (Å²) in [6, 6.07) is 15.6. The minimum atomic E-state index is -5.57. The number of alkyl halides is 3. The van der Waals surface area contributed by atoms with Gasteiger partial charge in [0.2, 0.25) is 0 Å². The molecule has 0 amide bonds. The van der Waals surface area contributed by atoms with Gasteiger partial charge in [-0.15, -0.1) is 0 Å². The van der Waals surface area contributed by atoms with Gasteiger partial charge < -0.3 is 0 Å². The molecule has 3 nitrogen and oxygen atoms in total. The summed E-state index contributed by atoms with van der Waals surface area (Å²) in [4.78, 5) is 0. The first-order chi connectivity index (χ1) is 13.5. The molecule has 3 rings (SSSR count). The Kier molecular flexibility index (Phi) is 5.63. The van der Waals surface area contributed by atoms with Gasteiger partial charge in [-0.25, -0.2) is 0 Å². The van der Waals surface area contributed by atoms with Gasteiger partial charge in [0, 0.05) is 5.56 Å². The van der Waals surface area contributed by atoms with Crippen LogP contribution in [0.25, 0.3) is 11.1 Å². The fraction of sp³-hybridized carbons (Fsp3) is 0.273. The van der Waals surface area contributed by atoms with Gasteiger partial charge in [-0.2, -0.15) is 21.6 Å². The van der Waals surface area contributed by atoms with Crippen molar-refractivity contribution in [3.8, 4) is 0 Å². The van der Waals surface area contributed by atoms with Crippen LogP contribution in [0.3, 0.4) is 0 Å². The van der Waals surface area contributed by atoms with E-state index in [0.717, 1.165) is 11.1 Å². The summed E-state index contributed by atoms with van der Waals surface area (Å²) >= 11 is 0. The van der Waals surface area contributed by atoms with Crippen LogP contribution in [-0.2, 0) is 10.0 Å². The highest BCUT2D eigenvalue weighted by Gasteiger charge is 2.51. The van der Waals surface area contributed by atoms with E-state index in [1.54, 1.807) is 31.2 Å². The van der Waals surface area contributed by atoms with Gasteiger partial charge in [0.25, 0.3) is 0 Å². The molecule has 2 aromatic rings. The third-order valence-electron chi connectivity index (χ3n) is 4.89. The molecule has 0 aliphatic carbocycles.